The Bertz CT molecular complexity index is 3160. The molecule has 0 radical (unpaired) electrons. The highest BCUT2D eigenvalue weighted by atomic mass is 28.3. The molecular formula is C52H37N5O2Si2. The Morgan fingerprint density at radius 3 is 1.26 bits per heavy atom. The van der Waals surface area contributed by atoms with Gasteiger partial charge in [-0.3, -0.25) is 14.5 Å². The molecule has 12 rings (SSSR count). The fourth-order valence-corrected chi connectivity index (χ4v) is 17.9. The number of fused-ring (bicyclic) bond motifs is 9. The summed E-state index contributed by atoms with van der Waals surface area (Å²) in [5, 5.41) is 9.78. The average Bonchev–Trinajstić information content (AvgIpc) is 3.88. The van der Waals surface area contributed by atoms with Gasteiger partial charge >= 0.3 is 0 Å². The molecule has 61 heavy (non-hydrogen) atoms. The highest BCUT2D eigenvalue weighted by Crippen LogP contribution is 2.39. The van der Waals surface area contributed by atoms with Crippen molar-refractivity contribution in [1.29, 1.82) is 0 Å². The number of hydrogen-bond acceptors (Lipinski definition) is 6. The van der Waals surface area contributed by atoms with Crippen molar-refractivity contribution in [3.63, 3.8) is 0 Å². The maximum Gasteiger partial charge on any atom is 0.234 e. The van der Waals surface area contributed by atoms with Crippen LogP contribution in [0.4, 0.5) is 0 Å². The summed E-state index contributed by atoms with van der Waals surface area (Å²) in [4.78, 5) is 19.3. The standard InChI is InChI=1S/C52H37N5O2Si2/c1-60(50-16-7-9-26-53-50)46-14-5-3-12-40(46)42-24-20-36(32-48(42)60)58-34-18-22-38-39-23-19-35(31-45(39)57(44(38)30-34)52-55-28-11-29-56-52)59-37-21-25-43-41-13-4-6-15-47(41)61(2,49(43)33-37)51-17-8-10-27-54-51/h3-33H,1-2H3. The Balaban J connectivity index is 0.931. The van der Waals surface area contributed by atoms with Gasteiger partial charge in [-0.05, 0) is 122 Å². The first-order valence-corrected chi connectivity index (χ1v) is 25.5. The maximum atomic E-state index is 6.76. The van der Waals surface area contributed by atoms with Crippen molar-refractivity contribution in [2.24, 2.45) is 0 Å². The smallest absolute Gasteiger partial charge is 0.234 e. The molecule has 0 amide bonds. The van der Waals surface area contributed by atoms with E-state index in [1.54, 1.807) is 12.4 Å². The highest BCUT2D eigenvalue weighted by Gasteiger charge is 2.45. The highest BCUT2D eigenvalue weighted by molar-refractivity contribution is 7.13. The zero-order valence-electron chi connectivity index (χ0n) is 33.5. The molecule has 0 saturated heterocycles. The van der Waals surface area contributed by atoms with Gasteiger partial charge in [0.05, 0.1) is 11.0 Å². The summed E-state index contributed by atoms with van der Waals surface area (Å²) >= 11 is 0. The van der Waals surface area contributed by atoms with Crippen LogP contribution < -0.4 is 40.9 Å². The van der Waals surface area contributed by atoms with Gasteiger partial charge in [-0.2, -0.15) is 0 Å². The molecule has 10 aromatic rings. The zero-order chi connectivity index (χ0) is 40.7. The molecule has 6 aromatic carbocycles. The molecule has 2 unspecified atom stereocenters. The number of benzene rings is 6. The van der Waals surface area contributed by atoms with E-state index in [0.29, 0.717) is 5.95 Å². The Hall–Kier alpha value is -7.47. The Labute approximate surface area is 354 Å². The second-order valence-electron chi connectivity index (χ2n) is 16.1. The van der Waals surface area contributed by atoms with E-state index in [1.165, 1.54) is 43.0 Å². The van der Waals surface area contributed by atoms with Gasteiger partial charge in [0, 0.05) is 58.3 Å². The van der Waals surface area contributed by atoms with Gasteiger partial charge in [0.25, 0.3) is 0 Å². The third-order valence-electron chi connectivity index (χ3n) is 12.9. The summed E-state index contributed by atoms with van der Waals surface area (Å²) < 4.78 is 15.6. The van der Waals surface area contributed by atoms with Crippen molar-refractivity contribution in [2.75, 3.05) is 0 Å². The zero-order valence-corrected chi connectivity index (χ0v) is 35.5. The van der Waals surface area contributed by atoms with Crippen LogP contribution in [0.5, 0.6) is 23.0 Å². The molecule has 6 heterocycles. The number of pyridine rings is 2. The monoisotopic (exact) mass is 819 g/mol. The van der Waals surface area contributed by atoms with Crippen molar-refractivity contribution in [2.45, 2.75) is 13.1 Å². The van der Waals surface area contributed by atoms with Gasteiger partial charge in [0.2, 0.25) is 5.95 Å². The van der Waals surface area contributed by atoms with Crippen LogP contribution in [0.15, 0.2) is 189 Å². The van der Waals surface area contributed by atoms with E-state index in [1.807, 2.05) is 42.7 Å². The SMILES string of the molecule is C[Si]1(c2ccccn2)c2ccccc2-c2ccc(Oc3ccc4c5ccc(Oc6ccc7c(c6)[Si](C)(c6ccccn6)c6ccccc6-7)cc5n(-c5ncccn5)c4c3)cc21. The molecule has 0 aliphatic carbocycles. The number of rotatable bonds is 7. The lowest BCUT2D eigenvalue weighted by atomic mass is 10.1. The van der Waals surface area contributed by atoms with Gasteiger partial charge in [-0.25, -0.2) is 9.97 Å². The number of aromatic nitrogens is 5. The minimum absolute atomic E-state index is 0.566. The van der Waals surface area contributed by atoms with Crippen LogP contribution in [0.1, 0.15) is 0 Å². The first-order chi connectivity index (χ1) is 30.0. The largest absolute Gasteiger partial charge is 0.457 e. The van der Waals surface area contributed by atoms with Crippen molar-refractivity contribution < 1.29 is 9.47 Å². The van der Waals surface area contributed by atoms with E-state index in [9.17, 15) is 0 Å². The van der Waals surface area contributed by atoms with E-state index in [0.717, 1.165) is 55.4 Å². The summed E-state index contributed by atoms with van der Waals surface area (Å²) in [7, 11) is -4.74. The van der Waals surface area contributed by atoms with Crippen LogP contribution >= 0.6 is 0 Å². The van der Waals surface area contributed by atoms with E-state index < -0.39 is 16.1 Å². The van der Waals surface area contributed by atoms with E-state index in [4.69, 9.17) is 29.4 Å². The van der Waals surface area contributed by atoms with E-state index in [2.05, 4.69) is 151 Å². The molecule has 0 fully saturated rings. The van der Waals surface area contributed by atoms with Gasteiger partial charge < -0.3 is 9.47 Å². The molecule has 2 aliphatic heterocycles. The lowest BCUT2D eigenvalue weighted by molar-refractivity contribution is 0.483. The molecule has 2 atom stereocenters. The third kappa shape index (κ3) is 5.34. The second kappa shape index (κ2) is 13.5. The quantitative estimate of drug-likeness (QED) is 0.152. The number of hydrogen-bond donors (Lipinski definition) is 0. The van der Waals surface area contributed by atoms with Crippen molar-refractivity contribution >= 4 is 69.3 Å². The molecule has 2 aliphatic rings. The normalized spacial score (nSPS) is 17.1. The van der Waals surface area contributed by atoms with Crippen molar-refractivity contribution in [1.82, 2.24) is 24.5 Å². The van der Waals surface area contributed by atoms with Gasteiger partial charge in [0.15, 0.2) is 16.1 Å². The lowest BCUT2D eigenvalue weighted by Crippen LogP contribution is -2.63. The molecule has 4 aromatic heterocycles. The first kappa shape index (κ1) is 35.5. The van der Waals surface area contributed by atoms with E-state index >= 15 is 0 Å². The molecule has 9 heteroatoms. The fraction of sp³-hybridized carbons (Fsp3) is 0.0385. The summed E-state index contributed by atoms with van der Waals surface area (Å²) in [6.07, 6.45) is 7.36. The Morgan fingerprint density at radius 1 is 0.377 bits per heavy atom. The molecule has 0 bridgehead atoms. The summed E-state index contributed by atoms with van der Waals surface area (Å²) in [5.74, 6) is 3.58. The Kier molecular flexibility index (Phi) is 7.87. The molecule has 0 saturated carbocycles. The maximum absolute atomic E-state index is 6.76. The van der Waals surface area contributed by atoms with Crippen LogP contribution in [0.3, 0.4) is 0 Å². The second-order valence-corrected chi connectivity index (χ2v) is 23.8. The molecular weight excluding hydrogens is 783 g/mol. The third-order valence-corrected chi connectivity index (χ3v) is 21.5. The first-order valence-electron chi connectivity index (χ1n) is 20.5. The fourth-order valence-electron chi connectivity index (χ4n) is 9.94. The minimum atomic E-state index is -2.37. The molecule has 7 nitrogen and oxygen atoms in total. The van der Waals surface area contributed by atoms with Gasteiger partial charge in [-0.15, -0.1) is 0 Å². The van der Waals surface area contributed by atoms with Crippen LogP contribution in [0.2, 0.25) is 13.1 Å². The summed E-state index contributed by atoms with van der Waals surface area (Å²) in [6.45, 7) is 4.80. The van der Waals surface area contributed by atoms with Crippen LogP contribution in [0.25, 0.3) is 50.0 Å². The topological polar surface area (TPSA) is 75.0 Å². The van der Waals surface area contributed by atoms with Gasteiger partial charge in [-0.1, -0.05) is 85.9 Å². The number of ether oxygens (including phenoxy) is 2. The van der Waals surface area contributed by atoms with Crippen LogP contribution in [-0.4, -0.2) is 40.7 Å². The predicted octanol–water partition coefficient (Wildman–Crippen LogP) is 8.11. The predicted molar refractivity (Wildman–Crippen MR) is 250 cm³/mol. The molecule has 290 valence electrons. The molecule has 0 N–H and O–H groups in total. The number of nitrogens with zero attached hydrogens (tertiary/aromatic N) is 5. The summed E-state index contributed by atoms with van der Waals surface area (Å²) in [6, 6.07) is 57.5. The van der Waals surface area contributed by atoms with E-state index in [-0.39, 0.29) is 0 Å². The van der Waals surface area contributed by atoms with Crippen LogP contribution in [-0.2, 0) is 0 Å². The van der Waals surface area contributed by atoms with Gasteiger partial charge in [0.1, 0.15) is 23.0 Å². The molecule has 0 spiro atoms. The Morgan fingerprint density at radius 2 is 0.787 bits per heavy atom. The lowest BCUT2D eigenvalue weighted by Gasteiger charge is -2.24. The minimum Gasteiger partial charge on any atom is -0.457 e. The van der Waals surface area contributed by atoms with Crippen molar-refractivity contribution in [3.05, 3.63) is 189 Å². The average molecular weight is 820 g/mol. The van der Waals surface area contributed by atoms with Crippen LogP contribution in [0, 0.1) is 0 Å². The van der Waals surface area contributed by atoms with Crippen molar-refractivity contribution in [3.8, 4) is 51.2 Å². The summed E-state index contributed by atoms with van der Waals surface area (Å²) in [5.41, 5.74) is 6.95.